The largest absolute Gasteiger partial charge is 0.389 e. The van der Waals surface area contributed by atoms with Crippen LogP contribution in [0.15, 0.2) is 0 Å². The van der Waals surface area contributed by atoms with E-state index in [1.807, 2.05) is 25.9 Å². The maximum absolute atomic E-state index is 10.5. The van der Waals surface area contributed by atoms with Crippen LogP contribution in [0.25, 0.3) is 0 Å². The molecule has 5 nitrogen and oxygen atoms in total. The molecule has 19 heavy (non-hydrogen) atoms. The Kier molecular flexibility index (Phi) is 3.82. The quantitative estimate of drug-likeness (QED) is 0.810. The summed E-state index contributed by atoms with van der Waals surface area (Å²) in [4.78, 5) is 2.37. The SMILES string of the molecule is Cc1nn(C)c(N(C)CC2(O)CCCC2)c1C(N)=S. The molecule has 1 heterocycles. The Hall–Kier alpha value is -1.14. The van der Waals surface area contributed by atoms with Gasteiger partial charge in [-0.05, 0) is 19.8 Å². The third-order valence-electron chi connectivity index (χ3n) is 3.87. The fraction of sp³-hybridized carbons (Fsp3) is 0.692. The number of nitrogens with zero attached hydrogens (tertiary/aromatic N) is 3. The minimum absolute atomic E-state index is 0.353. The molecule has 0 bridgehead atoms. The smallest absolute Gasteiger partial charge is 0.136 e. The molecule has 0 atom stereocenters. The number of rotatable bonds is 4. The van der Waals surface area contributed by atoms with Gasteiger partial charge in [-0.25, -0.2) is 0 Å². The Morgan fingerprint density at radius 2 is 2.11 bits per heavy atom. The molecule has 0 radical (unpaired) electrons. The Balaban J connectivity index is 2.28. The summed E-state index contributed by atoms with van der Waals surface area (Å²) in [5, 5.41) is 14.9. The number of aromatic nitrogens is 2. The molecule has 1 aromatic heterocycles. The summed E-state index contributed by atoms with van der Waals surface area (Å²) in [7, 11) is 3.83. The lowest BCUT2D eigenvalue weighted by Crippen LogP contribution is -2.40. The number of aryl methyl sites for hydroxylation is 2. The maximum Gasteiger partial charge on any atom is 0.136 e. The number of hydrogen-bond acceptors (Lipinski definition) is 4. The van der Waals surface area contributed by atoms with E-state index in [1.165, 1.54) is 0 Å². The summed E-state index contributed by atoms with van der Waals surface area (Å²) in [6.07, 6.45) is 3.90. The highest BCUT2D eigenvalue weighted by Gasteiger charge is 2.33. The van der Waals surface area contributed by atoms with E-state index in [1.54, 1.807) is 4.68 Å². The van der Waals surface area contributed by atoms with Gasteiger partial charge in [0.1, 0.15) is 10.8 Å². The van der Waals surface area contributed by atoms with Crippen LogP contribution in [0.2, 0.25) is 0 Å². The van der Waals surface area contributed by atoms with Crippen LogP contribution in [0.1, 0.15) is 36.9 Å². The summed E-state index contributed by atoms with van der Waals surface area (Å²) >= 11 is 5.12. The van der Waals surface area contributed by atoms with Crippen molar-refractivity contribution >= 4 is 23.0 Å². The van der Waals surface area contributed by atoms with Crippen LogP contribution in [0.5, 0.6) is 0 Å². The second-order valence-electron chi connectivity index (χ2n) is 5.56. The van der Waals surface area contributed by atoms with E-state index in [0.29, 0.717) is 11.5 Å². The minimum Gasteiger partial charge on any atom is -0.389 e. The van der Waals surface area contributed by atoms with Crippen molar-refractivity contribution in [3.05, 3.63) is 11.3 Å². The second kappa shape index (κ2) is 5.09. The van der Waals surface area contributed by atoms with Gasteiger partial charge in [-0.1, -0.05) is 25.1 Å². The molecule has 1 aromatic rings. The zero-order chi connectivity index (χ0) is 14.2. The first-order valence-electron chi connectivity index (χ1n) is 6.61. The number of anilines is 1. The minimum atomic E-state index is -0.597. The standard InChI is InChI=1S/C13H22N4OS/c1-9-10(11(14)19)12(17(3)15-9)16(2)8-13(18)6-4-5-7-13/h18H,4-8H2,1-3H3,(H2,14,19). The van der Waals surface area contributed by atoms with Gasteiger partial charge in [0.15, 0.2) is 0 Å². The van der Waals surface area contributed by atoms with E-state index in [9.17, 15) is 5.11 Å². The van der Waals surface area contributed by atoms with Gasteiger partial charge in [-0.2, -0.15) is 5.10 Å². The van der Waals surface area contributed by atoms with Gasteiger partial charge in [0, 0.05) is 20.6 Å². The van der Waals surface area contributed by atoms with Crippen molar-refractivity contribution in [2.24, 2.45) is 12.8 Å². The molecule has 1 fully saturated rings. The van der Waals surface area contributed by atoms with E-state index in [4.69, 9.17) is 18.0 Å². The lowest BCUT2D eigenvalue weighted by Gasteiger charge is -2.30. The van der Waals surface area contributed by atoms with E-state index >= 15 is 0 Å². The highest BCUT2D eigenvalue weighted by atomic mass is 32.1. The van der Waals surface area contributed by atoms with Crippen molar-refractivity contribution in [1.29, 1.82) is 0 Å². The van der Waals surface area contributed by atoms with Crippen molar-refractivity contribution in [2.45, 2.75) is 38.2 Å². The molecule has 0 amide bonds. The third kappa shape index (κ3) is 2.74. The lowest BCUT2D eigenvalue weighted by molar-refractivity contribution is 0.0557. The predicted octanol–water partition coefficient (Wildman–Crippen LogP) is 1.10. The average Bonchev–Trinajstić information content (AvgIpc) is 2.82. The first-order chi connectivity index (χ1) is 8.84. The zero-order valence-electron chi connectivity index (χ0n) is 11.8. The van der Waals surface area contributed by atoms with Crippen LogP contribution in [-0.4, -0.2) is 39.1 Å². The zero-order valence-corrected chi connectivity index (χ0v) is 12.6. The summed E-state index contributed by atoms with van der Waals surface area (Å²) < 4.78 is 1.78. The molecular weight excluding hydrogens is 260 g/mol. The van der Waals surface area contributed by atoms with Crippen molar-refractivity contribution < 1.29 is 5.11 Å². The summed E-state index contributed by atoms with van der Waals surface area (Å²) in [6.45, 7) is 2.48. The molecule has 0 unspecified atom stereocenters. The van der Waals surface area contributed by atoms with E-state index in [0.717, 1.165) is 42.8 Å². The van der Waals surface area contributed by atoms with Crippen LogP contribution < -0.4 is 10.6 Å². The summed E-state index contributed by atoms with van der Waals surface area (Å²) in [5.74, 6) is 0.880. The monoisotopic (exact) mass is 282 g/mol. The van der Waals surface area contributed by atoms with Gasteiger partial charge in [0.05, 0.1) is 16.9 Å². The maximum atomic E-state index is 10.5. The van der Waals surface area contributed by atoms with Gasteiger partial charge in [-0.15, -0.1) is 0 Å². The number of likely N-dealkylation sites (N-methyl/N-ethyl adjacent to an activating group) is 1. The Labute approximate surface area is 119 Å². The van der Waals surface area contributed by atoms with Gasteiger partial charge >= 0.3 is 0 Å². The Morgan fingerprint density at radius 1 is 1.53 bits per heavy atom. The highest BCUT2D eigenvalue weighted by Crippen LogP contribution is 2.32. The average molecular weight is 282 g/mol. The van der Waals surface area contributed by atoms with Crippen LogP contribution >= 0.6 is 12.2 Å². The molecule has 0 saturated heterocycles. The van der Waals surface area contributed by atoms with Crippen LogP contribution in [0, 0.1) is 6.92 Å². The first-order valence-corrected chi connectivity index (χ1v) is 7.02. The van der Waals surface area contributed by atoms with Crippen LogP contribution in [0.4, 0.5) is 5.82 Å². The molecule has 106 valence electrons. The topological polar surface area (TPSA) is 67.3 Å². The molecule has 6 heteroatoms. The fourth-order valence-corrected chi connectivity index (χ4v) is 3.32. The molecule has 0 aliphatic heterocycles. The van der Waals surface area contributed by atoms with Crippen LogP contribution in [-0.2, 0) is 7.05 Å². The van der Waals surface area contributed by atoms with Crippen molar-refractivity contribution in [3.63, 3.8) is 0 Å². The van der Waals surface area contributed by atoms with Crippen molar-refractivity contribution in [1.82, 2.24) is 9.78 Å². The van der Waals surface area contributed by atoms with Gasteiger partial charge in [0.2, 0.25) is 0 Å². The van der Waals surface area contributed by atoms with Gasteiger partial charge in [-0.3, -0.25) is 4.68 Å². The number of hydrogen-bond donors (Lipinski definition) is 2. The highest BCUT2D eigenvalue weighted by molar-refractivity contribution is 7.80. The third-order valence-corrected chi connectivity index (χ3v) is 4.07. The normalized spacial score (nSPS) is 17.7. The lowest BCUT2D eigenvalue weighted by atomic mass is 10.0. The molecule has 1 saturated carbocycles. The summed E-state index contributed by atoms with van der Waals surface area (Å²) in [5.41, 5.74) is 6.84. The Bertz CT molecular complexity index is 491. The van der Waals surface area contributed by atoms with Crippen molar-refractivity contribution in [2.75, 3.05) is 18.5 Å². The molecule has 1 aliphatic rings. The molecular formula is C13H22N4OS. The molecule has 2 rings (SSSR count). The van der Waals surface area contributed by atoms with Crippen LogP contribution in [0.3, 0.4) is 0 Å². The number of aliphatic hydroxyl groups is 1. The van der Waals surface area contributed by atoms with E-state index < -0.39 is 5.60 Å². The second-order valence-corrected chi connectivity index (χ2v) is 6.00. The summed E-state index contributed by atoms with van der Waals surface area (Å²) in [6, 6.07) is 0. The van der Waals surface area contributed by atoms with E-state index in [-0.39, 0.29) is 0 Å². The Morgan fingerprint density at radius 3 is 2.63 bits per heavy atom. The fourth-order valence-electron chi connectivity index (χ4n) is 3.08. The molecule has 0 spiro atoms. The van der Waals surface area contributed by atoms with E-state index in [2.05, 4.69) is 5.10 Å². The first kappa shape index (κ1) is 14.3. The predicted molar refractivity (Wildman–Crippen MR) is 80.5 cm³/mol. The molecule has 0 aromatic carbocycles. The molecule has 1 aliphatic carbocycles. The van der Waals surface area contributed by atoms with Crippen molar-refractivity contribution in [3.8, 4) is 0 Å². The molecule has 3 N–H and O–H groups in total. The van der Waals surface area contributed by atoms with Gasteiger partial charge in [0.25, 0.3) is 0 Å². The number of thiocarbonyl (C=S) groups is 1. The van der Waals surface area contributed by atoms with Gasteiger partial charge < -0.3 is 15.7 Å². The number of nitrogens with two attached hydrogens (primary N) is 1.